The molecular formula is C22H26BrN3O. The molecule has 2 aromatic carbocycles. The van der Waals surface area contributed by atoms with Crippen LogP contribution in [0.15, 0.2) is 42.5 Å². The Labute approximate surface area is 170 Å². The number of halogens is 1. The van der Waals surface area contributed by atoms with Crippen LogP contribution in [0.5, 0.6) is 0 Å². The van der Waals surface area contributed by atoms with E-state index in [1.54, 1.807) is 0 Å². The first-order chi connectivity index (χ1) is 12.9. The molecule has 2 aromatic rings. The highest BCUT2D eigenvalue weighted by Gasteiger charge is 2.28. The van der Waals surface area contributed by atoms with Crippen molar-refractivity contribution in [2.45, 2.75) is 37.8 Å². The van der Waals surface area contributed by atoms with Gasteiger partial charge in [0.05, 0.1) is 29.5 Å². The van der Waals surface area contributed by atoms with Gasteiger partial charge in [-0.05, 0) is 44.0 Å². The minimum atomic E-state index is 0.197. The number of benzene rings is 2. The molecule has 1 unspecified atom stereocenters. The van der Waals surface area contributed by atoms with Crippen LogP contribution in [-0.4, -0.2) is 37.4 Å². The molecule has 0 amide bonds. The minimum absolute atomic E-state index is 0.197. The summed E-state index contributed by atoms with van der Waals surface area (Å²) in [6.45, 7) is 8.12. The third-order valence-electron chi connectivity index (χ3n) is 4.97. The summed E-state index contributed by atoms with van der Waals surface area (Å²) < 4.78 is 5.91. The van der Waals surface area contributed by atoms with E-state index < -0.39 is 0 Å². The molecule has 1 fully saturated rings. The van der Waals surface area contributed by atoms with Crippen molar-refractivity contribution in [3.8, 4) is 17.2 Å². The predicted octanol–water partition coefficient (Wildman–Crippen LogP) is 5.14. The Morgan fingerprint density at radius 2 is 1.78 bits per heavy atom. The van der Waals surface area contributed by atoms with Crippen molar-refractivity contribution in [1.29, 1.82) is 5.26 Å². The summed E-state index contributed by atoms with van der Waals surface area (Å²) in [6, 6.07) is 16.4. The van der Waals surface area contributed by atoms with Crippen molar-refractivity contribution in [1.82, 2.24) is 5.01 Å². The van der Waals surface area contributed by atoms with Gasteiger partial charge in [0.2, 0.25) is 0 Å². The lowest BCUT2D eigenvalue weighted by Gasteiger charge is -2.42. The minimum Gasteiger partial charge on any atom is -0.373 e. The molecular weight excluding hydrogens is 402 g/mol. The number of rotatable bonds is 4. The van der Waals surface area contributed by atoms with Crippen LogP contribution in [0.2, 0.25) is 0 Å². The highest BCUT2D eigenvalue weighted by Crippen LogP contribution is 2.40. The first kappa shape index (κ1) is 19.9. The molecule has 0 bridgehead atoms. The molecule has 0 N–H and O–H groups in total. The number of nitriles is 1. The monoisotopic (exact) mass is 427 g/mol. The van der Waals surface area contributed by atoms with Gasteiger partial charge in [0.25, 0.3) is 0 Å². The lowest BCUT2D eigenvalue weighted by atomic mass is 9.97. The third kappa shape index (κ3) is 4.35. The molecule has 0 aliphatic carbocycles. The predicted molar refractivity (Wildman–Crippen MR) is 114 cm³/mol. The van der Waals surface area contributed by atoms with E-state index in [1.165, 1.54) is 11.3 Å². The molecule has 1 heterocycles. The Bertz CT molecular complexity index is 818. The standard InChI is InChI=1S/C22H26BrN3O/c1-15-13-26(14-16(2)27-15)25(4)22-20(17(3)23)6-5-7-21(22)19-10-8-18(12-24)9-11-19/h5-11,15-17H,13-14H2,1-4H3/t15-,16+,17?. The van der Waals surface area contributed by atoms with Crippen molar-refractivity contribution in [2.75, 3.05) is 25.1 Å². The maximum atomic E-state index is 9.10. The van der Waals surface area contributed by atoms with E-state index in [2.05, 4.69) is 78.0 Å². The van der Waals surface area contributed by atoms with Crippen LogP contribution in [-0.2, 0) is 4.74 Å². The first-order valence-corrected chi connectivity index (χ1v) is 10.2. The van der Waals surface area contributed by atoms with E-state index in [4.69, 9.17) is 10.00 Å². The van der Waals surface area contributed by atoms with E-state index in [9.17, 15) is 0 Å². The zero-order valence-electron chi connectivity index (χ0n) is 16.3. The quantitative estimate of drug-likeness (QED) is 0.633. The van der Waals surface area contributed by atoms with Gasteiger partial charge in [-0.3, -0.25) is 0 Å². The smallest absolute Gasteiger partial charge is 0.0991 e. The maximum Gasteiger partial charge on any atom is 0.0991 e. The van der Waals surface area contributed by atoms with Crippen LogP contribution >= 0.6 is 15.9 Å². The topological polar surface area (TPSA) is 39.5 Å². The average molecular weight is 428 g/mol. The fourth-order valence-corrected chi connectivity index (χ4v) is 4.11. The largest absolute Gasteiger partial charge is 0.373 e. The highest BCUT2D eigenvalue weighted by atomic mass is 79.9. The summed E-state index contributed by atoms with van der Waals surface area (Å²) >= 11 is 3.77. The number of morpholine rings is 1. The Balaban J connectivity index is 2.07. The molecule has 142 valence electrons. The van der Waals surface area contributed by atoms with Gasteiger partial charge in [-0.15, -0.1) is 0 Å². The van der Waals surface area contributed by atoms with Crippen molar-refractivity contribution >= 4 is 21.6 Å². The lowest BCUT2D eigenvalue weighted by molar-refractivity contribution is -0.0699. The van der Waals surface area contributed by atoms with Crippen LogP contribution in [0.4, 0.5) is 5.69 Å². The Morgan fingerprint density at radius 1 is 1.15 bits per heavy atom. The molecule has 3 rings (SSSR count). The summed E-state index contributed by atoms with van der Waals surface area (Å²) in [5.41, 5.74) is 5.38. The van der Waals surface area contributed by atoms with Gasteiger partial charge in [0.15, 0.2) is 0 Å². The molecule has 0 radical (unpaired) electrons. The highest BCUT2D eigenvalue weighted by molar-refractivity contribution is 9.09. The second-order valence-electron chi connectivity index (χ2n) is 7.20. The van der Waals surface area contributed by atoms with Gasteiger partial charge < -0.3 is 9.75 Å². The Kier molecular flexibility index (Phi) is 6.21. The molecule has 1 saturated heterocycles. The summed E-state index contributed by atoms with van der Waals surface area (Å²) in [5, 5.41) is 13.7. The number of anilines is 1. The van der Waals surface area contributed by atoms with Crippen LogP contribution in [0.3, 0.4) is 0 Å². The molecule has 1 aliphatic rings. The van der Waals surface area contributed by atoms with Crippen LogP contribution in [0, 0.1) is 11.3 Å². The van der Waals surface area contributed by atoms with E-state index >= 15 is 0 Å². The third-order valence-corrected chi connectivity index (χ3v) is 5.46. The second-order valence-corrected chi connectivity index (χ2v) is 8.57. The zero-order valence-corrected chi connectivity index (χ0v) is 17.9. The molecule has 4 nitrogen and oxygen atoms in total. The van der Waals surface area contributed by atoms with Crippen molar-refractivity contribution < 1.29 is 4.74 Å². The number of alkyl halides is 1. The number of hydrogen-bond acceptors (Lipinski definition) is 4. The fraction of sp³-hybridized carbons (Fsp3) is 0.409. The fourth-order valence-electron chi connectivity index (χ4n) is 3.74. The summed E-state index contributed by atoms with van der Waals surface area (Å²) in [6.07, 6.45) is 0.395. The SMILES string of the molecule is CC(Br)c1cccc(-c2ccc(C#N)cc2)c1N(C)N1C[C@@H](C)O[C@@H](C)C1. The van der Waals surface area contributed by atoms with E-state index in [0.29, 0.717) is 5.56 Å². The maximum absolute atomic E-state index is 9.10. The van der Waals surface area contributed by atoms with Gasteiger partial charge in [0, 0.05) is 30.5 Å². The van der Waals surface area contributed by atoms with E-state index in [1.807, 2.05) is 24.3 Å². The zero-order chi connectivity index (χ0) is 19.6. The van der Waals surface area contributed by atoms with E-state index in [0.717, 1.165) is 24.2 Å². The number of para-hydroxylation sites is 1. The normalized spacial score (nSPS) is 21.5. The molecule has 0 aromatic heterocycles. The van der Waals surface area contributed by atoms with Crippen molar-refractivity contribution in [3.63, 3.8) is 0 Å². The Morgan fingerprint density at radius 3 is 2.33 bits per heavy atom. The summed E-state index contributed by atoms with van der Waals surface area (Å²) in [7, 11) is 2.13. The molecule has 5 heteroatoms. The van der Waals surface area contributed by atoms with Gasteiger partial charge >= 0.3 is 0 Å². The van der Waals surface area contributed by atoms with Gasteiger partial charge in [-0.25, -0.2) is 5.01 Å². The molecule has 1 aliphatic heterocycles. The van der Waals surface area contributed by atoms with Crippen LogP contribution in [0.1, 0.15) is 36.7 Å². The molecule has 0 saturated carbocycles. The van der Waals surface area contributed by atoms with Crippen LogP contribution < -0.4 is 5.01 Å². The van der Waals surface area contributed by atoms with Gasteiger partial charge in [0.1, 0.15) is 0 Å². The van der Waals surface area contributed by atoms with E-state index in [-0.39, 0.29) is 17.0 Å². The average Bonchev–Trinajstić information content (AvgIpc) is 2.66. The number of nitrogens with zero attached hydrogens (tertiary/aromatic N) is 3. The first-order valence-electron chi connectivity index (χ1n) is 9.32. The Hall–Kier alpha value is -1.87. The summed E-state index contributed by atoms with van der Waals surface area (Å²) in [5.74, 6) is 0. The number of hydrazine groups is 1. The van der Waals surface area contributed by atoms with Gasteiger partial charge in [-0.1, -0.05) is 46.3 Å². The summed E-state index contributed by atoms with van der Waals surface area (Å²) in [4.78, 5) is 0.226. The second kappa shape index (κ2) is 8.43. The van der Waals surface area contributed by atoms with Gasteiger partial charge in [-0.2, -0.15) is 5.26 Å². The van der Waals surface area contributed by atoms with Crippen molar-refractivity contribution in [3.05, 3.63) is 53.6 Å². The lowest BCUT2D eigenvalue weighted by Crippen LogP contribution is -2.53. The molecule has 27 heavy (non-hydrogen) atoms. The number of hydrogen-bond donors (Lipinski definition) is 0. The van der Waals surface area contributed by atoms with Crippen LogP contribution in [0.25, 0.3) is 11.1 Å². The molecule has 0 spiro atoms. The molecule has 3 atom stereocenters. The number of ether oxygens (including phenoxy) is 1. The van der Waals surface area contributed by atoms with Crippen molar-refractivity contribution in [2.24, 2.45) is 0 Å².